The van der Waals surface area contributed by atoms with Crippen LogP contribution < -0.4 is 15.5 Å². The molecule has 0 spiro atoms. The number of rotatable bonds is 4. The lowest BCUT2D eigenvalue weighted by Gasteiger charge is -2.41. The first-order chi connectivity index (χ1) is 13.6. The van der Waals surface area contributed by atoms with Crippen molar-refractivity contribution in [2.45, 2.75) is 32.4 Å². The molecule has 1 aliphatic heterocycles. The van der Waals surface area contributed by atoms with Gasteiger partial charge in [0.25, 0.3) is 0 Å². The quantitative estimate of drug-likeness (QED) is 0.551. The van der Waals surface area contributed by atoms with E-state index in [-0.39, 0.29) is 11.9 Å². The molecule has 1 atom stereocenters. The molecule has 1 fully saturated rings. The summed E-state index contributed by atoms with van der Waals surface area (Å²) in [5.74, 6) is 0.952. The molecule has 0 aliphatic carbocycles. The molecule has 1 N–H and O–H groups in total. The Labute approximate surface area is 175 Å². The number of methoxy groups -OCH3 is 1. The number of aliphatic hydroxyl groups excluding tert-OH is 1. The SMILES string of the molecule is C=c1nc(Cl)nc(N2CCN(C(=O)OC(C)(C)C)[C@@H](CO)C2)/c1=C(/C=N\C)OC. The molecule has 2 heterocycles. The molecule has 0 unspecified atom stereocenters. The lowest BCUT2D eigenvalue weighted by atomic mass is 10.1. The predicted octanol–water partition coefficient (Wildman–Crippen LogP) is 0.414. The number of nitrogens with zero attached hydrogens (tertiary/aromatic N) is 5. The van der Waals surface area contributed by atoms with E-state index in [0.29, 0.717) is 41.8 Å². The van der Waals surface area contributed by atoms with Gasteiger partial charge in [0, 0.05) is 26.7 Å². The van der Waals surface area contributed by atoms with Crippen molar-refractivity contribution in [1.29, 1.82) is 0 Å². The molecule has 160 valence electrons. The zero-order valence-corrected chi connectivity index (χ0v) is 18.2. The first-order valence-corrected chi connectivity index (χ1v) is 9.57. The first-order valence-electron chi connectivity index (χ1n) is 9.19. The van der Waals surface area contributed by atoms with Gasteiger partial charge < -0.3 is 19.5 Å². The normalized spacial score (nSPS) is 18.8. The third-order valence-electron chi connectivity index (χ3n) is 4.27. The summed E-state index contributed by atoms with van der Waals surface area (Å²) in [5, 5.41) is 10.9. The molecule has 0 bridgehead atoms. The molecule has 1 saturated heterocycles. The first kappa shape index (κ1) is 22.9. The van der Waals surface area contributed by atoms with Crippen molar-refractivity contribution in [2.24, 2.45) is 4.99 Å². The monoisotopic (exact) mass is 425 g/mol. The molecule has 0 saturated carbocycles. The number of halogens is 1. The highest BCUT2D eigenvalue weighted by Gasteiger charge is 2.34. The van der Waals surface area contributed by atoms with Crippen LogP contribution in [0.15, 0.2) is 4.99 Å². The molecule has 1 amide bonds. The topological polar surface area (TPSA) is 100 Å². The second-order valence-electron chi connectivity index (χ2n) is 7.55. The zero-order valence-electron chi connectivity index (χ0n) is 17.5. The van der Waals surface area contributed by atoms with Gasteiger partial charge in [0.2, 0.25) is 5.28 Å². The van der Waals surface area contributed by atoms with Crippen LogP contribution in [0.2, 0.25) is 5.28 Å². The Balaban J connectivity index is 2.43. The van der Waals surface area contributed by atoms with Crippen molar-refractivity contribution in [2.75, 3.05) is 45.3 Å². The number of anilines is 1. The molecular formula is C19H28ClN5O4. The van der Waals surface area contributed by atoms with E-state index in [1.165, 1.54) is 12.0 Å². The number of carbonyl (C=O) groups is 1. The van der Waals surface area contributed by atoms with Gasteiger partial charge in [0.1, 0.15) is 17.2 Å². The second-order valence-corrected chi connectivity index (χ2v) is 7.89. The van der Waals surface area contributed by atoms with Gasteiger partial charge in [-0.2, -0.15) is 4.98 Å². The molecule has 0 radical (unpaired) electrons. The number of aliphatic imine (C=N–C) groups is 1. The highest BCUT2D eigenvalue weighted by Crippen LogP contribution is 2.18. The maximum absolute atomic E-state index is 12.5. The van der Waals surface area contributed by atoms with Crippen molar-refractivity contribution in [3.05, 3.63) is 15.9 Å². The van der Waals surface area contributed by atoms with Gasteiger partial charge in [0.05, 0.1) is 36.5 Å². The summed E-state index contributed by atoms with van der Waals surface area (Å²) in [6.45, 7) is 10.3. The van der Waals surface area contributed by atoms with Gasteiger partial charge in [-0.1, -0.05) is 6.58 Å². The van der Waals surface area contributed by atoms with Crippen molar-refractivity contribution in [3.63, 3.8) is 0 Å². The van der Waals surface area contributed by atoms with Crippen molar-refractivity contribution in [3.8, 4) is 0 Å². The Bertz CT molecular complexity index is 884. The van der Waals surface area contributed by atoms with Crippen LogP contribution in [-0.2, 0) is 9.47 Å². The van der Waals surface area contributed by atoms with Crippen LogP contribution in [0, 0.1) is 0 Å². The highest BCUT2D eigenvalue weighted by atomic mass is 35.5. The Kier molecular flexibility index (Phi) is 7.43. The van der Waals surface area contributed by atoms with E-state index in [0.717, 1.165) is 0 Å². The fourth-order valence-corrected chi connectivity index (χ4v) is 3.23. The molecule has 29 heavy (non-hydrogen) atoms. The predicted molar refractivity (Wildman–Crippen MR) is 113 cm³/mol. The van der Waals surface area contributed by atoms with E-state index >= 15 is 0 Å². The van der Waals surface area contributed by atoms with Crippen LogP contribution in [0.4, 0.5) is 10.6 Å². The lowest BCUT2D eigenvalue weighted by molar-refractivity contribution is 0.00697. The van der Waals surface area contributed by atoms with Crippen LogP contribution in [-0.4, -0.2) is 84.3 Å². The molecule has 1 aliphatic rings. The van der Waals surface area contributed by atoms with Gasteiger partial charge in [-0.05, 0) is 32.4 Å². The van der Waals surface area contributed by atoms with Gasteiger partial charge in [-0.15, -0.1) is 0 Å². The van der Waals surface area contributed by atoms with E-state index in [1.54, 1.807) is 34.0 Å². The van der Waals surface area contributed by atoms with E-state index in [2.05, 4.69) is 21.5 Å². The molecule has 9 nitrogen and oxygen atoms in total. The van der Waals surface area contributed by atoms with Crippen molar-refractivity contribution < 1.29 is 19.4 Å². The number of ether oxygens (including phenoxy) is 2. The molecule has 1 aromatic heterocycles. The van der Waals surface area contributed by atoms with Gasteiger partial charge in [-0.3, -0.25) is 9.89 Å². The van der Waals surface area contributed by atoms with Crippen LogP contribution in [0.5, 0.6) is 0 Å². The molecular weight excluding hydrogens is 398 g/mol. The number of hydrogen-bond donors (Lipinski definition) is 1. The number of hydrogen-bond acceptors (Lipinski definition) is 8. The summed E-state index contributed by atoms with van der Waals surface area (Å²) < 4.78 is 10.9. The fourth-order valence-electron chi connectivity index (χ4n) is 3.05. The summed E-state index contributed by atoms with van der Waals surface area (Å²) in [6, 6.07) is -0.473. The Morgan fingerprint density at radius 1 is 1.41 bits per heavy atom. The van der Waals surface area contributed by atoms with E-state index in [9.17, 15) is 9.90 Å². The fraction of sp³-hybridized carbons (Fsp3) is 0.579. The zero-order chi connectivity index (χ0) is 21.8. The smallest absolute Gasteiger partial charge is 0.410 e. The molecule has 2 rings (SSSR count). The number of piperazine rings is 1. The van der Waals surface area contributed by atoms with E-state index in [4.69, 9.17) is 21.1 Å². The van der Waals surface area contributed by atoms with Crippen LogP contribution in [0.3, 0.4) is 0 Å². The van der Waals surface area contributed by atoms with Crippen molar-refractivity contribution >= 4 is 42.1 Å². The summed E-state index contributed by atoms with van der Waals surface area (Å²) in [4.78, 5) is 28.5. The minimum atomic E-state index is -0.619. The third-order valence-corrected chi connectivity index (χ3v) is 4.44. The maximum atomic E-state index is 12.5. The lowest BCUT2D eigenvalue weighted by Crippen LogP contribution is -2.59. The third kappa shape index (κ3) is 5.57. The maximum Gasteiger partial charge on any atom is 0.410 e. The molecule has 0 aromatic carbocycles. The minimum absolute atomic E-state index is 0.0489. The Morgan fingerprint density at radius 2 is 2.10 bits per heavy atom. The van der Waals surface area contributed by atoms with Gasteiger partial charge in [0.15, 0.2) is 0 Å². The summed E-state index contributed by atoms with van der Waals surface area (Å²) in [7, 11) is 3.14. The number of carbonyl (C=O) groups excluding carboxylic acids is 1. The molecule has 10 heteroatoms. The summed E-state index contributed by atoms with van der Waals surface area (Å²) in [5.41, 5.74) is -0.619. The number of aromatic nitrogens is 2. The van der Waals surface area contributed by atoms with Crippen molar-refractivity contribution in [1.82, 2.24) is 14.9 Å². The standard InChI is InChI=1S/C19H28ClN5O4/c1-12-15(14(28-6)9-21-5)16(23-17(20)22-12)24-7-8-25(13(10-24)11-26)18(27)29-19(2,3)4/h9,13,26H,1,7-8,10-11H2,2-6H3/b15-14-,21-9-/t13-/m1/s1. The second kappa shape index (κ2) is 9.41. The number of amides is 1. The van der Waals surface area contributed by atoms with Crippen LogP contribution in [0.25, 0.3) is 12.3 Å². The van der Waals surface area contributed by atoms with E-state index in [1.807, 2.05) is 4.90 Å². The average Bonchev–Trinajstić information content (AvgIpc) is 2.64. The van der Waals surface area contributed by atoms with Gasteiger partial charge >= 0.3 is 6.09 Å². The summed E-state index contributed by atoms with van der Waals surface area (Å²) >= 11 is 6.08. The summed E-state index contributed by atoms with van der Waals surface area (Å²) in [6.07, 6.45) is 1.09. The van der Waals surface area contributed by atoms with Crippen LogP contribution in [0.1, 0.15) is 20.8 Å². The number of aliphatic hydroxyl groups is 1. The Morgan fingerprint density at radius 3 is 2.66 bits per heavy atom. The average molecular weight is 426 g/mol. The molecule has 1 aromatic rings. The van der Waals surface area contributed by atoms with E-state index < -0.39 is 17.7 Å². The Hall–Kier alpha value is -2.39. The minimum Gasteiger partial charge on any atom is -0.494 e. The van der Waals surface area contributed by atoms with Gasteiger partial charge in [-0.25, -0.2) is 9.78 Å². The largest absolute Gasteiger partial charge is 0.494 e. The van der Waals surface area contributed by atoms with Crippen LogP contribution >= 0.6 is 11.6 Å². The highest BCUT2D eigenvalue weighted by molar-refractivity contribution is 6.28.